The minimum atomic E-state index is -0.637. The fraction of sp³-hybridized carbons (Fsp3) is 0.900. The van der Waals surface area contributed by atoms with Gasteiger partial charge in [-0.05, 0) is 13.3 Å². The molecule has 0 saturated carbocycles. The maximum atomic E-state index is 11.6. The van der Waals surface area contributed by atoms with Gasteiger partial charge in [0.05, 0.1) is 18.7 Å². The molecule has 3 nitrogen and oxygen atoms in total. The van der Waals surface area contributed by atoms with Gasteiger partial charge in [-0.2, -0.15) is 0 Å². The average molecular weight is 185 g/mol. The van der Waals surface area contributed by atoms with Crippen molar-refractivity contribution in [2.75, 3.05) is 13.1 Å². The minimum absolute atomic E-state index is 0.112. The molecule has 76 valence electrons. The van der Waals surface area contributed by atoms with Crippen LogP contribution in [-0.2, 0) is 4.79 Å². The van der Waals surface area contributed by atoms with E-state index in [9.17, 15) is 9.90 Å². The Morgan fingerprint density at radius 1 is 1.62 bits per heavy atom. The van der Waals surface area contributed by atoms with Gasteiger partial charge in [-0.25, -0.2) is 0 Å². The Hall–Kier alpha value is -0.570. The van der Waals surface area contributed by atoms with Crippen molar-refractivity contribution in [2.24, 2.45) is 5.92 Å². The molecule has 0 aliphatic carbocycles. The number of rotatable bonds is 3. The lowest BCUT2D eigenvalue weighted by Gasteiger charge is -2.45. The van der Waals surface area contributed by atoms with Crippen LogP contribution in [0, 0.1) is 5.92 Å². The molecule has 0 aromatic carbocycles. The number of aliphatic hydroxyl groups is 1. The number of likely N-dealkylation sites (tertiary alicyclic amines) is 1. The molecule has 1 amide bonds. The van der Waals surface area contributed by atoms with Gasteiger partial charge in [0.25, 0.3) is 0 Å². The third kappa shape index (κ3) is 2.44. The first kappa shape index (κ1) is 10.5. The van der Waals surface area contributed by atoms with Crippen LogP contribution in [-0.4, -0.2) is 34.6 Å². The van der Waals surface area contributed by atoms with Crippen molar-refractivity contribution in [3.8, 4) is 0 Å². The Bertz CT molecular complexity index is 193. The van der Waals surface area contributed by atoms with Gasteiger partial charge < -0.3 is 10.0 Å². The zero-order chi connectivity index (χ0) is 10.1. The molecule has 1 fully saturated rings. The van der Waals surface area contributed by atoms with E-state index in [1.807, 2.05) is 6.92 Å². The van der Waals surface area contributed by atoms with E-state index in [4.69, 9.17) is 0 Å². The summed E-state index contributed by atoms with van der Waals surface area (Å²) in [6.45, 7) is 6.80. The van der Waals surface area contributed by atoms with Crippen molar-refractivity contribution < 1.29 is 9.90 Å². The summed E-state index contributed by atoms with van der Waals surface area (Å²) in [4.78, 5) is 13.4. The molecule has 13 heavy (non-hydrogen) atoms. The Kier molecular flexibility index (Phi) is 2.96. The predicted molar refractivity (Wildman–Crippen MR) is 51.3 cm³/mol. The van der Waals surface area contributed by atoms with Crippen LogP contribution in [0.4, 0.5) is 0 Å². The summed E-state index contributed by atoms with van der Waals surface area (Å²) in [6.07, 6.45) is 1.98. The molecule has 1 saturated heterocycles. The Morgan fingerprint density at radius 2 is 2.15 bits per heavy atom. The first-order chi connectivity index (χ1) is 5.96. The summed E-state index contributed by atoms with van der Waals surface area (Å²) in [7, 11) is 0. The second kappa shape index (κ2) is 3.66. The highest BCUT2D eigenvalue weighted by atomic mass is 16.3. The molecule has 3 heteroatoms. The van der Waals surface area contributed by atoms with Crippen LogP contribution in [0.1, 0.15) is 33.6 Å². The van der Waals surface area contributed by atoms with E-state index >= 15 is 0 Å². The first-order valence-electron chi connectivity index (χ1n) is 4.97. The molecule has 0 bridgehead atoms. The highest BCUT2D eigenvalue weighted by Gasteiger charge is 2.40. The van der Waals surface area contributed by atoms with E-state index in [1.165, 1.54) is 0 Å². The fourth-order valence-electron chi connectivity index (χ4n) is 1.80. The monoisotopic (exact) mass is 185 g/mol. The van der Waals surface area contributed by atoms with E-state index in [0.717, 1.165) is 12.8 Å². The number of carbonyl (C=O) groups is 1. The van der Waals surface area contributed by atoms with E-state index in [-0.39, 0.29) is 11.8 Å². The molecule has 1 unspecified atom stereocenters. The number of hydrogen-bond acceptors (Lipinski definition) is 2. The van der Waals surface area contributed by atoms with Gasteiger partial charge in [0, 0.05) is 5.92 Å². The quantitative estimate of drug-likeness (QED) is 0.713. The Labute approximate surface area is 79.7 Å². The van der Waals surface area contributed by atoms with Crippen LogP contribution in [0.15, 0.2) is 0 Å². The third-order valence-corrected chi connectivity index (χ3v) is 2.52. The molecule has 0 aromatic heterocycles. The van der Waals surface area contributed by atoms with Crippen LogP contribution in [0.2, 0.25) is 0 Å². The summed E-state index contributed by atoms with van der Waals surface area (Å²) in [5.74, 6) is 0.300. The normalized spacial score (nSPS) is 22.3. The largest absolute Gasteiger partial charge is 0.386 e. The molecular formula is C10H19NO2. The summed E-state index contributed by atoms with van der Waals surface area (Å²) < 4.78 is 0. The maximum absolute atomic E-state index is 11.6. The van der Waals surface area contributed by atoms with Crippen molar-refractivity contribution in [3.63, 3.8) is 0 Å². The summed E-state index contributed by atoms with van der Waals surface area (Å²) >= 11 is 0. The molecular weight excluding hydrogens is 166 g/mol. The first-order valence-corrected chi connectivity index (χ1v) is 4.97. The van der Waals surface area contributed by atoms with Crippen LogP contribution >= 0.6 is 0 Å². The van der Waals surface area contributed by atoms with Crippen LogP contribution in [0.3, 0.4) is 0 Å². The average Bonchev–Trinajstić information content (AvgIpc) is 1.99. The van der Waals surface area contributed by atoms with E-state index in [0.29, 0.717) is 13.1 Å². The molecule has 1 N–H and O–H groups in total. The smallest absolute Gasteiger partial charge is 0.225 e. The highest BCUT2D eigenvalue weighted by molar-refractivity contribution is 5.79. The molecule has 1 atom stereocenters. The molecule has 0 radical (unpaired) electrons. The van der Waals surface area contributed by atoms with Crippen LogP contribution in [0.5, 0.6) is 0 Å². The number of carbonyl (C=O) groups excluding carboxylic acids is 1. The van der Waals surface area contributed by atoms with E-state index in [1.54, 1.807) is 11.8 Å². The van der Waals surface area contributed by atoms with Gasteiger partial charge in [0.2, 0.25) is 5.91 Å². The standard InChI is InChI=1S/C10H19NO2/c1-4-5-8(2)9(12)11-6-10(3,13)7-11/h8,13H,4-7H2,1-3H3. The van der Waals surface area contributed by atoms with Gasteiger partial charge in [-0.1, -0.05) is 20.3 Å². The van der Waals surface area contributed by atoms with E-state index in [2.05, 4.69) is 6.92 Å². The molecule has 1 heterocycles. The molecule has 0 aromatic rings. The minimum Gasteiger partial charge on any atom is -0.386 e. The van der Waals surface area contributed by atoms with Crippen molar-refractivity contribution in [1.82, 2.24) is 4.90 Å². The Balaban J connectivity index is 2.34. The number of hydrogen-bond donors (Lipinski definition) is 1. The number of amides is 1. The van der Waals surface area contributed by atoms with Crippen molar-refractivity contribution in [2.45, 2.75) is 39.2 Å². The highest BCUT2D eigenvalue weighted by Crippen LogP contribution is 2.22. The maximum Gasteiger partial charge on any atom is 0.225 e. The van der Waals surface area contributed by atoms with Gasteiger partial charge >= 0.3 is 0 Å². The molecule has 0 spiro atoms. The van der Waals surface area contributed by atoms with Gasteiger partial charge in [-0.15, -0.1) is 0 Å². The second-order valence-corrected chi connectivity index (χ2v) is 4.38. The molecule has 1 rings (SSSR count). The summed E-state index contributed by atoms with van der Waals surface area (Å²) in [5.41, 5.74) is -0.637. The number of β-amino-alcohol motifs (C(OH)–C–C–N with tert-alkyl or cyclic N) is 1. The third-order valence-electron chi connectivity index (χ3n) is 2.52. The zero-order valence-electron chi connectivity index (χ0n) is 8.71. The van der Waals surface area contributed by atoms with Gasteiger partial charge in [-0.3, -0.25) is 4.79 Å². The van der Waals surface area contributed by atoms with Crippen molar-refractivity contribution in [1.29, 1.82) is 0 Å². The lowest BCUT2D eigenvalue weighted by molar-refractivity contribution is -0.156. The van der Waals surface area contributed by atoms with Crippen LogP contribution in [0.25, 0.3) is 0 Å². The summed E-state index contributed by atoms with van der Waals surface area (Å²) in [5, 5.41) is 9.45. The predicted octanol–water partition coefficient (Wildman–Crippen LogP) is 1.02. The SMILES string of the molecule is CCCC(C)C(=O)N1CC(C)(O)C1. The lowest BCUT2D eigenvalue weighted by Crippen LogP contribution is -2.62. The van der Waals surface area contributed by atoms with Gasteiger partial charge in [0.15, 0.2) is 0 Å². The second-order valence-electron chi connectivity index (χ2n) is 4.38. The summed E-state index contributed by atoms with van der Waals surface area (Å²) in [6, 6.07) is 0. The topological polar surface area (TPSA) is 40.5 Å². The zero-order valence-corrected chi connectivity index (χ0v) is 8.71. The van der Waals surface area contributed by atoms with Crippen molar-refractivity contribution >= 4 is 5.91 Å². The molecule has 1 aliphatic heterocycles. The van der Waals surface area contributed by atoms with E-state index < -0.39 is 5.60 Å². The van der Waals surface area contributed by atoms with Gasteiger partial charge in [0.1, 0.15) is 0 Å². The van der Waals surface area contributed by atoms with Crippen LogP contribution < -0.4 is 0 Å². The Morgan fingerprint density at radius 3 is 2.54 bits per heavy atom. The van der Waals surface area contributed by atoms with Crippen molar-refractivity contribution in [3.05, 3.63) is 0 Å². The molecule has 1 aliphatic rings. The number of nitrogens with zero attached hydrogens (tertiary/aromatic N) is 1. The lowest BCUT2D eigenvalue weighted by atomic mass is 9.94. The fourth-order valence-corrected chi connectivity index (χ4v) is 1.80.